The highest BCUT2D eigenvalue weighted by atomic mass is 32.2. The standard InChI is InChI=1S/C18H16N2O5S/c21-16-15(26-18(24)20-16)9-11-1-5-14(6-2-11)25-8-7-13-4-3-12(10-19-13)17(22)23/h1-6,10,15H,7-9H2,(H,22,23)(H,20,21,24)/t15-/m1/s1. The molecule has 1 saturated heterocycles. The number of carboxylic acids is 1. The predicted molar refractivity (Wildman–Crippen MR) is 95.5 cm³/mol. The van der Waals surface area contributed by atoms with Crippen LogP contribution in [0.4, 0.5) is 4.79 Å². The molecule has 26 heavy (non-hydrogen) atoms. The molecule has 2 amide bonds. The predicted octanol–water partition coefficient (Wildman–Crippen LogP) is 2.30. The lowest BCUT2D eigenvalue weighted by Gasteiger charge is -2.08. The number of hydrogen-bond donors (Lipinski definition) is 2. The van der Waals surface area contributed by atoms with Gasteiger partial charge in [-0.2, -0.15) is 0 Å². The summed E-state index contributed by atoms with van der Waals surface area (Å²) in [5.74, 6) is -0.560. The monoisotopic (exact) mass is 372 g/mol. The van der Waals surface area contributed by atoms with E-state index in [0.717, 1.165) is 23.0 Å². The number of carboxylic acid groups (broad SMARTS) is 1. The number of nitrogens with one attached hydrogen (secondary N) is 1. The van der Waals surface area contributed by atoms with Crippen molar-refractivity contribution in [2.45, 2.75) is 18.1 Å². The van der Waals surface area contributed by atoms with E-state index in [2.05, 4.69) is 10.3 Å². The molecule has 1 fully saturated rings. The van der Waals surface area contributed by atoms with Crippen molar-refractivity contribution in [3.63, 3.8) is 0 Å². The van der Waals surface area contributed by atoms with Gasteiger partial charge >= 0.3 is 5.97 Å². The van der Waals surface area contributed by atoms with Crippen LogP contribution < -0.4 is 10.1 Å². The molecule has 1 atom stereocenters. The van der Waals surface area contributed by atoms with Crippen molar-refractivity contribution >= 4 is 28.9 Å². The Morgan fingerprint density at radius 2 is 1.96 bits per heavy atom. The molecule has 8 heteroatoms. The van der Waals surface area contributed by atoms with Gasteiger partial charge in [-0.15, -0.1) is 0 Å². The van der Waals surface area contributed by atoms with Crippen LogP contribution in [0, 0.1) is 0 Å². The normalized spacial score (nSPS) is 16.4. The van der Waals surface area contributed by atoms with E-state index >= 15 is 0 Å². The van der Waals surface area contributed by atoms with Gasteiger partial charge in [0.2, 0.25) is 5.91 Å². The maximum atomic E-state index is 11.6. The molecule has 3 rings (SSSR count). The highest BCUT2D eigenvalue weighted by Gasteiger charge is 2.31. The van der Waals surface area contributed by atoms with Gasteiger partial charge in [0, 0.05) is 18.3 Å². The third kappa shape index (κ3) is 4.60. The molecule has 0 spiro atoms. The van der Waals surface area contributed by atoms with E-state index in [1.807, 2.05) is 24.3 Å². The Bertz CT molecular complexity index is 820. The molecule has 0 aliphatic carbocycles. The molecule has 1 aliphatic heterocycles. The highest BCUT2D eigenvalue weighted by Crippen LogP contribution is 2.23. The molecule has 0 saturated carbocycles. The lowest BCUT2D eigenvalue weighted by molar-refractivity contribution is -0.118. The zero-order valence-electron chi connectivity index (χ0n) is 13.7. The number of aromatic carboxylic acids is 1. The van der Waals surface area contributed by atoms with Gasteiger partial charge in [0.25, 0.3) is 5.24 Å². The van der Waals surface area contributed by atoms with Crippen LogP contribution >= 0.6 is 11.8 Å². The molecule has 7 nitrogen and oxygen atoms in total. The van der Waals surface area contributed by atoms with Crippen LogP contribution in [0.15, 0.2) is 42.6 Å². The summed E-state index contributed by atoms with van der Waals surface area (Å²) < 4.78 is 5.66. The molecule has 2 N–H and O–H groups in total. The fraction of sp³-hybridized carbons (Fsp3) is 0.222. The van der Waals surface area contributed by atoms with Crippen LogP contribution in [0.25, 0.3) is 0 Å². The first-order valence-electron chi connectivity index (χ1n) is 7.93. The van der Waals surface area contributed by atoms with E-state index in [4.69, 9.17) is 9.84 Å². The molecule has 2 aromatic rings. The number of imide groups is 1. The Morgan fingerprint density at radius 3 is 2.54 bits per heavy atom. The SMILES string of the molecule is O=C1NC(=O)[C@@H](Cc2ccc(OCCc3ccc(C(=O)O)cn3)cc2)S1. The largest absolute Gasteiger partial charge is 0.493 e. The van der Waals surface area contributed by atoms with Gasteiger partial charge in [-0.1, -0.05) is 23.9 Å². The Balaban J connectivity index is 1.47. The van der Waals surface area contributed by atoms with E-state index < -0.39 is 5.97 Å². The molecule has 0 unspecified atom stereocenters. The molecule has 134 valence electrons. The summed E-state index contributed by atoms with van der Waals surface area (Å²) in [6.45, 7) is 0.411. The molecular formula is C18H16N2O5S. The second-order valence-electron chi connectivity index (χ2n) is 5.67. The average Bonchev–Trinajstić information content (AvgIpc) is 2.94. The molecule has 1 aliphatic rings. The van der Waals surface area contributed by atoms with Gasteiger partial charge in [0.05, 0.1) is 17.4 Å². The van der Waals surface area contributed by atoms with Crippen molar-refractivity contribution in [3.8, 4) is 5.75 Å². The summed E-state index contributed by atoms with van der Waals surface area (Å²) in [6, 6.07) is 10.5. The first-order chi connectivity index (χ1) is 12.5. The first kappa shape index (κ1) is 17.9. The van der Waals surface area contributed by atoms with E-state index in [9.17, 15) is 14.4 Å². The van der Waals surface area contributed by atoms with E-state index in [-0.39, 0.29) is 22.0 Å². The number of carbonyl (C=O) groups is 3. The minimum Gasteiger partial charge on any atom is -0.493 e. The number of thioether (sulfide) groups is 1. The summed E-state index contributed by atoms with van der Waals surface area (Å²) in [6.07, 6.45) is 2.37. The summed E-state index contributed by atoms with van der Waals surface area (Å²) in [5, 5.41) is 10.4. The summed E-state index contributed by atoms with van der Waals surface area (Å²) in [5.41, 5.74) is 1.85. The number of amides is 2. The van der Waals surface area contributed by atoms with Crippen molar-refractivity contribution in [1.82, 2.24) is 10.3 Å². The third-order valence-electron chi connectivity index (χ3n) is 3.81. The van der Waals surface area contributed by atoms with Crippen LogP contribution in [0.3, 0.4) is 0 Å². The number of aromatic nitrogens is 1. The molecule has 2 heterocycles. The number of pyridine rings is 1. The van der Waals surface area contributed by atoms with E-state index in [1.54, 1.807) is 6.07 Å². The zero-order valence-corrected chi connectivity index (χ0v) is 14.5. The summed E-state index contributed by atoms with van der Waals surface area (Å²) >= 11 is 1.01. The Labute approximate surface area is 153 Å². The number of hydrogen-bond acceptors (Lipinski definition) is 6. The summed E-state index contributed by atoms with van der Waals surface area (Å²) in [4.78, 5) is 37.6. The number of benzene rings is 1. The van der Waals surface area contributed by atoms with Gasteiger partial charge in [0.15, 0.2) is 0 Å². The van der Waals surface area contributed by atoms with Crippen molar-refractivity contribution in [2.24, 2.45) is 0 Å². The fourth-order valence-corrected chi connectivity index (χ4v) is 3.30. The summed E-state index contributed by atoms with van der Waals surface area (Å²) in [7, 11) is 0. The van der Waals surface area contributed by atoms with Crippen molar-refractivity contribution in [2.75, 3.05) is 6.61 Å². The minimum atomic E-state index is -1.00. The maximum absolute atomic E-state index is 11.6. The molecular weight excluding hydrogens is 356 g/mol. The topological polar surface area (TPSA) is 106 Å². The molecule has 1 aromatic heterocycles. The second kappa shape index (κ2) is 8.01. The van der Waals surface area contributed by atoms with Gasteiger partial charge in [0.1, 0.15) is 5.75 Å². The van der Waals surface area contributed by atoms with E-state index in [1.165, 1.54) is 12.3 Å². The van der Waals surface area contributed by atoms with E-state index in [0.29, 0.717) is 25.2 Å². The Hall–Kier alpha value is -2.87. The van der Waals surface area contributed by atoms with Crippen molar-refractivity contribution in [1.29, 1.82) is 0 Å². The molecule has 0 radical (unpaired) electrons. The number of carbonyl (C=O) groups excluding carboxylic acids is 2. The lowest BCUT2D eigenvalue weighted by Crippen LogP contribution is -2.25. The smallest absolute Gasteiger partial charge is 0.337 e. The van der Waals surface area contributed by atoms with Crippen LogP contribution in [-0.4, -0.2) is 39.1 Å². The van der Waals surface area contributed by atoms with Crippen LogP contribution in [0.2, 0.25) is 0 Å². The van der Waals surface area contributed by atoms with Gasteiger partial charge in [-0.3, -0.25) is 19.9 Å². The van der Waals surface area contributed by atoms with Gasteiger partial charge in [-0.25, -0.2) is 4.79 Å². The minimum absolute atomic E-state index is 0.154. The number of nitrogens with zero attached hydrogens (tertiary/aromatic N) is 1. The van der Waals surface area contributed by atoms with Crippen molar-refractivity contribution in [3.05, 3.63) is 59.4 Å². The number of rotatable bonds is 7. The maximum Gasteiger partial charge on any atom is 0.337 e. The third-order valence-corrected chi connectivity index (χ3v) is 4.79. The quantitative estimate of drug-likeness (QED) is 0.768. The lowest BCUT2D eigenvalue weighted by atomic mass is 10.1. The number of ether oxygens (including phenoxy) is 1. The van der Waals surface area contributed by atoms with Gasteiger partial charge in [-0.05, 0) is 36.2 Å². The van der Waals surface area contributed by atoms with Crippen LogP contribution in [0.1, 0.15) is 21.6 Å². The van der Waals surface area contributed by atoms with Crippen LogP contribution in [-0.2, 0) is 17.6 Å². The van der Waals surface area contributed by atoms with Gasteiger partial charge < -0.3 is 9.84 Å². The molecule has 1 aromatic carbocycles. The zero-order chi connectivity index (χ0) is 18.5. The first-order valence-corrected chi connectivity index (χ1v) is 8.80. The Morgan fingerprint density at radius 1 is 1.19 bits per heavy atom. The molecule has 0 bridgehead atoms. The average molecular weight is 372 g/mol. The fourth-order valence-electron chi connectivity index (χ4n) is 2.44. The van der Waals surface area contributed by atoms with Crippen molar-refractivity contribution < 1.29 is 24.2 Å². The second-order valence-corrected chi connectivity index (χ2v) is 6.85. The van der Waals surface area contributed by atoms with Crippen LogP contribution in [0.5, 0.6) is 5.75 Å². The Kier molecular flexibility index (Phi) is 5.52. The highest BCUT2D eigenvalue weighted by molar-refractivity contribution is 8.15.